The zero-order valence-corrected chi connectivity index (χ0v) is 18.0. The Morgan fingerprint density at radius 3 is 2.33 bits per heavy atom. The molecule has 160 valence electrons. The molecule has 0 saturated carbocycles. The maximum absolute atomic E-state index is 12.6. The van der Waals surface area contributed by atoms with Crippen molar-refractivity contribution in [2.24, 2.45) is 0 Å². The van der Waals surface area contributed by atoms with Gasteiger partial charge in [-0.05, 0) is 23.8 Å². The summed E-state index contributed by atoms with van der Waals surface area (Å²) in [5.74, 6) is 1.09. The lowest BCUT2D eigenvalue weighted by Gasteiger charge is -2.33. The number of hydrogen-bond acceptors (Lipinski definition) is 5. The minimum absolute atomic E-state index is 0.0288. The summed E-state index contributed by atoms with van der Waals surface area (Å²) in [6, 6.07) is 14.5. The van der Waals surface area contributed by atoms with Crippen LogP contribution >= 0.6 is 0 Å². The molecule has 2 aromatic rings. The molecule has 3 rings (SSSR count). The van der Waals surface area contributed by atoms with Crippen LogP contribution in [-0.4, -0.2) is 63.9 Å². The predicted molar refractivity (Wildman–Crippen MR) is 116 cm³/mol. The lowest BCUT2D eigenvalue weighted by Crippen LogP contribution is -2.50. The van der Waals surface area contributed by atoms with Gasteiger partial charge in [0.2, 0.25) is 15.9 Å². The number of carbonyl (C=O) groups is 1. The standard InChI is InChI=1S/C22H26N2O5S/c1-28-20-10-8-19(21(16-20)29-2)9-11-22(25)23-12-14-24(15-13-23)30(26,27)17-18-6-4-3-5-7-18/h3-11,16H,12-15,17H2,1-2H3/b11-9+. The van der Waals surface area contributed by atoms with E-state index in [0.717, 1.165) is 11.1 Å². The Morgan fingerprint density at radius 1 is 1.00 bits per heavy atom. The van der Waals surface area contributed by atoms with Gasteiger partial charge in [0.15, 0.2) is 0 Å². The van der Waals surface area contributed by atoms with Crippen LogP contribution in [0.1, 0.15) is 11.1 Å². The lowest BCUT2D eigenvalue weighted by atomic mass is 10.1. The summed E-state index contributed by atoms with van der Waals surface area (Å²) in [5.41, 5.74) is 1.52. The molecule has 30 heavy (non-hydrogen) atoms. The van der Waals surface area contributed by atoms with Crippen molar-refractivity contribution in [3.63, 3.8) is 0 Å². The third-order valence-electron chi connectivity index (χ3n) is 4.98. The molecule has 0 bridgehead atoms. The fraction of sp³-hybridized carbons (Fsp3) is 0.318. The quantitative estimate of drug-likeness (QED) is 0.631. The van der Waals surface area contributed by atoms with E-state index in [9.17, 15) is 13.2 Å². The van der Waals surface area contributed by atoms with E-state index in [4.69, 9.17) is 9.47 Å². The van der Waals surface area contributed by atoms with Gasteiger partial charge in [-0.25, -0.2) is 8.42 Å². The average Bonchev–Trinajstić information content (AvgIpc) is 2.77. The van der Waals surface area contributed by atoms with Crippen molar-refractivity contribution in [3.8, 4) is 11.5 Å². The third-order valence-corrected chi connectivity index (χ3v) is 6.83. The molecule has 0 aliphatic carbocycles. The van der Waals surface area contributed by atoms with Crippen molar-refractivity contribution in [2.45, 2.75) is 5.75 Å². The first kappa shape index (κ1) is 21.9. The van der Waals surface area contributed by atoms with Crippen molar-refractivity contribution >= 4 is 22.0 Å². The second-order valence-electron chi connectivity index (χ2n) is 6.91. The number of ether oxygens (including phenoxy) is 2. The molecule has 8 heteroatoms. The number of amides is 1. The van der Waals surface area contributed by atoms with Crippen LogP contribution in [0.15, 0.2) is 54.6 Å². The number of rotatable bonds is 7. The van der Waals surface area contributed by atoms with E-state index in [1.165, 1.54) is 10.4 Å². The van der Waals surface area contributed by atoms with Gasteiger partial charge in [0.25, 0.3) is 0 Å². The summed E-state index contributed by atoms with van der Waals surface area (Å²) in [6.45, 7) is 1.30. The van der Waals surface area contributed by atoms with Crippen molar-refractivity contribution in [3.05, 3.63) is 65.7 Å². The normalized spacial score (nSPS) is 15.3. The summed E-state index contributed by atoms with van der Waals surface area (Å²) >= 11 is 0. The minimum atomic E-state index is -3.41. The van der Waals surface area contributed by atoms with Crippen molar-refractivity contribution in [1.29, 1.82) is 0 Å². The molecule has 0 spiro atoms. The average molecular weight is 431 g/mol. The maximum Gasteiger partial charge on any atom is 0.246 e. The molecule has 0 N–H and O–H groups in total. The highest BCUT2D eigenvalue weighted by Gasteiger charge is 2.28. The number of methoxy groups -OCH3 is 2. The maximum atomic E-state index is 12.6. The predicted octanol–water partition coefficient (Wildman–Crippen LogP) is 2.39. The van der Waals surface area contributed by atoms with Crippen LogP contribution in [0.2, 0.25) is 0 Å². The Labute approximate surface area is 177 Å². The van der Waals surface area contributed by atoms with Gasteiger partial charge >= 0.3 is 0 Å². The van der Waals surface area contributed by atoms with Gasteiger partial charge in [-0.3, -0.25) is 4.79 Å². The van der Waals surface area contributed by atoms with Gasteiger partial charge in [-0.1, -0.05) is 30.3 Å². The molecule has 1 saturated heterocycles. The fourth-order valence-electron chi connectivity index (χ4n) is 3.29. The zero-order valence-electron chi connectivity index (χ0n) is 17.2. The molecule has 0 radical (unpaired) electrons. The van der Waals surface area contributed by atoms with E-state index < -0.39 is 10.0 Å². The Morgan fingerprint density at radius 2 is 1.70 bits per heavy atom. The lowest BCUT2D eigenvalue weighted by molar-refractivity contribution is -0.127. The van der Waals surface area contributed by atoms with E-state index in [0.29, 0.717) is 37.7 Å². The topological polar surface area (TPSA) is 76.2 Å². The monoisotopic (exact) mass is 430 g/mol. The Bertz CT molecular complexity index is 997. The first-order valence-corrected chi connectivity index (χ1v) is 11.2. The first-order chi connectivity index (χ1) is 14.4. The second kappa shape index (κ2) is 9.77. The van der Waals surface area contributed by atoms with Gasteiger partial charge in [-0.2, -0.15) is 4.31 Å². The van der Waals surface area contributed by atoms with Crippen LogP contribution in [0.3, 0.4) is 0 Å². The summed E-state index contributed by atoms with van der Waals surface area (Å²) in [4.78, 5) is 14.2. The van der Waals surface area contributed by atoms with E-state index in [1.54, 1.807) is 49.5 Å². The Hall–Kier alpha value is -2.84. The molecule has 1 aliphatic heterocycles. The minimum Gasteiger partial charge on any atom is -0.497 e. The van der Waals surface area contributed by atoms with E-state index >= 15 is 0 Å². The number of piperazine rings is 1. The molecule has 2 aromatic carbocycles. The number of carbonyl (C=O) groups excluding carboxylic acids is 1. The molecule has 7 nitrogen and oxygen atoms in total. The largest absolute Gasteiger partial charge is 0.497 e. The summed E-state index contributed by atoms with van der Waals surface area (Å²) in [5, 5.41) is 0. The molecule has 1 amide bonds. The highest BCUT2D eigenvalue weighted by molar-refractivity contribution is 7.88. The van der Waals surface area contributed by atoms with Gasteiger partial charge in [0.05, 0.1) is 20.0 Å². The molecule has 1 heterocycles. The van der Waals surface area contributed by atoms with E-state index in [2.05, 4.69) is 0 Å². The van der Waals surface area contributed by atoms with Gasteiger partial charge in [-0.15, -0.1) is 0 Å². The highest BCUT2D eigenvalue weighted by Crippen LogP contribution is 2.25. The summed E-state index contributed by atoms with van der Waals surface area (Å²) in [7, 11) is -0.272. The molecule has 0 aromatic heterocycles. The van der Waals surface area contributed by atoms with Crippen LogP contribution in [0.5, 0.6) is 11.5 Å². The molecule has 1 fully saturated rings. The van der Waals surface area contributed by atoms with Crippen LogP contribution < -0.4 is 9.47 Å². The Balaban J connectivity index is 1.58. The van der Waals surface area contributed by atoms with Gasteiger partial charge < -0.3 is 14.4 Å². The number of benzene rings is 2. The molecule has 0 atom stereocenters. The number of nitrogens with zero attached hydrogens (tertiary/aromatic N) is 2. The highest BCUT2D eigenvalue weighted by atomic mass is 32.2. The van der Waals surface area contributed by atoms with E-state index in [1.807, 2.05) is 24.3 Å². The van der Waals surface area contributed by atoms with Gasteiger partial charge in [0, 0.05) is 43.9 Å². The van der Waals surface area contributed by atoms with Crippen molar-refractivity contribution < 1.29 is 22.7 Å². The van der Waals surface area contributed by atoms with Crippen molar-refractivity contribution in [2.75, 3.05) is 40.4 Å². The molecule has 1 aliphatic rings. The summed E-state index contributed by atoms with van der Waals surface area (Å²) in [6.07, 6.45) is 3.18. The van der Waals surface area contributed by atoms with Crippen LogP contribution in [0.4, 0.5) is 0 Å². The van der Waals surface area contributed by atoms with Crippen LogP contribution in [-0.2, 0) is 20.6 Å². The second-order valence-corrected chi connectivity index (χ2v) is 8.88. The SMILES string of the molecule is COc1ccc(/C=C/C(=O)N2CCN(S(=O)(=O)Cc3ccccc3)CC2)c(OC)c1. The number of sulfonamides is 1. The smallest absolute Gasteiger partial charge is 0.246 e. The third kappa shape index (κ3) is 5.40. The zero-order chi connectivity index (χ0) is 21.6. The molecular weight excluding hydrogens is 404 g/mol. The number of hydrogen-bond donors (Lipinski definition) is 0. The first-order valence-electron chi connectivity index (χ1n) is 9.63. The van der Waals surface area contributed by atoms with Crippen LogP contribution in [0.25, 0.3) is 6.08 Å². The summed E-state index contributed by atoms with van der Waals surface area (Å²) < 4.78 is 37.3. The van der Waals surface area contributed by atoms with E-state index in [-0.39, 0.29) is 11.7 Å². The Kier molecular flexibility index (Phi) is 7.12. The molecule has 0 unspecified atom stereocenters. The van der Waals surface area contributed by atoms with Gasteiger partial charge in [0.1, 0.15) is 11.5 Å². The van der Waals surface area contributed by atoms with Crippen molar-refractivity contribution in [1.82, 2.24) is 9.21 Å². The fourth-order valence-corrected chi connectivity index (χ4v) is 4.80. The molecular formula is C22H26N2O5S. The van der Waals surface area contributed by atoms with Crippen LogP contribution in [0, 0.1) is 0 Å².